The number of aryl methyl sites for hydroxylation is 4. The molecule has 3 heteroatoms. The van der Waals surface area contributed by atoms with E-state index in [0.29, 0.717) is 0 Å². The minimum atomic E-state index is 0.813. The Kier molecular flexibility index (Phi) is 6.05. The number of hydrogen-bond donors (Lipinski definition) is 1. The van der Waals surface area contributed by atoms with Crippen molar-refractivity contribution in [1.29, 1.82) is 0 Å². The van der Waals surface area contributed by atoms with E-state index in [1.807, 2.05) is 0 Å². The highest BCUT2D eigenvalue weighted by atomic mass is 16.5. The first kappa shape index (κ1) is 16.6. The van der Waals surface area contributed by atoms with Crippen LogP contribution in [0, 0.1) is 27.7 Å². The lowest BCUT2D eigenvalue weighted by atomic mass is 10.0. The lowest BCUT2D eigenvalue weighted by Crippen LogP contribution is -1.99. The first-order chi connectivity index (χ1) is 10.6. The molecule has 0 atom stereocenters. The predicted octanol–water partition coefficient (Wildman–Crippen LogP) is 4.83. The van der Waals surface area contributed by atoms with Crippen LogP contribution in [0.25, 0.3) is 0 Å². The number of ether oxygens (including phenoxy) is 1. The van der Waals surface area contributed by atoms with Crippen molar-refractivity contribution in [2.45, 2.75) is 59.8 Å². The third kappa shape index (κ3) is 4.62. The van der Waals surface area contributed by atoms with E-state index in [9.17, 15) is 0 Å². The van der Waals surface area contributed by atoms with Crippen molar-refractivity contribution in [2.75, 3.05) is 6.61 Å². The fourth-order valence-corrected chi connectivity index (χ4v) is 2.84. The molecule has 0 unspecified atom stereocenters. The predicted molar refractivity (Wildman–Crippen MR) is 91.6 cm³/mol. The number of hydrogen-bond acceptors (Lipinski definition) is 2. The largest absolute Gasteiger partial charge is 0.493 e. The van der Waals surface area contributed by atoms with Crippen LogP contribution < -0.4 is 4.74 Å². The van der Waals surface area contributed by atoms with Gasteiger partial charge >= 0.3 is 0 Å². The van der Waals surface area contributed by atoms with Gasteiger partial charge in [0.15, 0.2) is 0 Å². The van der Waals surface area contributed by atoms with E-state index in [0.717, 1.165) is 30.9 Å². The van der Waals surface area contributed by atoms with Crippen molar-refractivity contribution in [3.8, 4) is 5.75 Å². The zero-order chi connectivity index (χ0) is 15.9. The monoisotopic (exact) mass is 300 g/mol. The van der Waals surface area contributed by atoms with Gasteiger partial charge in [0, 0.05) is 5.69 Å². The molecule has 0 saturated heterocycles. The lowest BCUT2D eigenvalue weighted by Gasteiger charge is -2.09. The third-order valence-corrected chi connectivity index (χ3v) is 4.19. The van der Waals surface area contributed by atoms with E-state index in [2.05, 4.69) is 56.1 Å². The van der Waals surface area contributed by atoms with E-state index in [1.54, 1.807) is 0 Å². The summed E-state index contributed by atoms with van der Waals surface area (Å²) in [6, 6.07) is 6.36. The molecule has 0 aliphatic rings. The molecule has 0 radical (unpaired) electrons. The minimum Gasteiger partial charge on any atom is -0.493 e. The SMILES string of the molecule is Cc1ccc(OCCCCCCc2c(C)n[nH]c2C)c(C)c1. The topological polar surface area (TPSA) is 37.9 Å². The zero-order valence-electron chi connectivity index (χ0n) is 14.3. The van der Waals surface area contributed by atoms with E-state index >= 15 is 0 Å². The molecule has 1 N–H and O–H groups in total. The maximum absolute atomic E-state index is 5.87. The normalized spacial score (nSPS) is 10.9. The van der Waals surface area contributed by atoms with E-state index in [4.69, 9.17) is 4.74 Å². The van der Waals surface area contributed by atoms with Crippen LogP contribution in [0.3, 0.4) is 0 Å². The Morgan fingerprint density at radius 2 is 1.77 bits per heavy atom. The van der Waals surface area contributed by atoms with Crippen LogP contribution in [0.15, 0.2) is 18.2 Å². The van der Waals surface area contributed by atoms with E-state index in [1.165, 1.54) is 41.6 Å². The molecule has 0 fully saturated rings. The summed E-state index contributed by atoms with van der Waals surface area (Å²) in [6.07, 6.45) is 5.95. The Morgan fingerprint density at radius 3 is 2.45 bits per heavy atom. The Morgan fingerprint density at radius 1 is 1.00 bits per heavy atom. The highest BCUT2D eigenvalue weighted by Crippen LogP contribution is 2.19. The Hall–Kier alpha value is -1.77. The number of nitrogens with zero attached hydrogens (tertiary/aromatic N) is 1. The van der Waals surface area contributed by atoms with Crippen molar-refractivity contribution in [3.05, 3.63) is 46.3 Å². The minimum absolute atomic E-state index is 0.813. The molecule has 3 nitrogen and oxygen atoms in total. The fraction of sp³-hybridized carbons (Fsp3) is 0.526. The first-order valence-electron chi connectivity index (χ1n) is 8.28. The van der Waals surface area contributed by atoms with Crippen LogP contribution in [0.4, 0.5) is 0 Å². The van der Waals surface area contributed by atoms with Crippen LogP contribution in [0.5, 0.6) is 5.75 Å². The molecule has 22 heavy (non-hydrogen) atoms. The van der Waals surface area contributed by atoms with Gasteiger partial charge < -0.3 is 4.74 Å². The Labute approximate surface area is 134 Å². The number of benzene rings is 1. The summed E-state index contributed by atoms with van der Waals surface area (Å²) < 4.78 is 5.87. The van der Waals surface area contributed by atoms with E-state index < -0.39 is 0 Å². The molecule has 2 rings (SSSR count). The second-order valence-corrected chi connectivity index (χ2v) is 6.19. The Balaban J connectivity index is 1.60. The van der Waals surface area contributed by atoms with Gasteiger partial charge in [-0.3, -0.25) is 5.10 Å². The van der Waals surface area contributed by atoms with E-state index in [-0.39, 0.29) is 0 Å². The summed E-state index contributed by atoms with van der Waals surface area (Å²) in [6.45, 7) is 9.22. The Bertz CT molecular complexity index is 582. The standard InChI is InChI=1S/C19H28N2O/c1-14-10-11-19(15(2)13-14)22-12-8-6-5-7-9-18-16(3)20-21-17(18)4/h10-11,13H,5-9,12H2,1-4H3,(H,20,21). The summed E-state index contributed by atoms with van der Waals surface area (Å²) in [5, 5.41) is 7.30. The molecule has 0 bridgehead atoms. The van der Waals surface area contributed by atoms with Gasteiger partial charge in [0.05, 0.1) is 12.3 Å². The maximum Gasteiger partial charge on any atom is 0.122 e. The molecule has 0 aliphatic carbocycles. The van der Waals surface area contributed by atoms with Gasteiger partial charge in [-0.05, 0) is 64.2 Å². The van der Waals surface area contributed by atoms with Gasteiger partial charge in [-0.25, -0.2) is 0 Å². The van der Waals surface area contributed by atoms with Crippen LogP contribution >= 0.6 is 0 Å². The van der Waals surface area contributed by atoms with Crippen molar-refractivity contribution in [3.63, 3.8) is 0 Å². The van der Waals surface area contributed by atoms with Gasteiger partial charge in [0.2, 0.25) is 0 Å². The molecule has 2 aromatic rings. The van der Waals surface area contributed by atoms with Gasteiger partial charge in [-0.15, -0.1) is 0 Å². The molecule has 0 spiro atoms. The zero-order valence-corrected chi connectivity index (χ0v) is 14.3. The highest BCUT2D eigenvalue weighted by molar-refractivity contribution is 5.35. The third-order valence-electron chi connectivity index (χ3n) is 4.19. The summed E-state index contributed by atoms with van der Waals surface area (Å²) in [5.41, 5.74) is 6.28. The molecule has 0 saturated carbocycles. The quantitative estimate of drug-likeness (QED) is 0.709. The number of H-pyrrole nitrogens is 1. The molecular weight excluding hydrogens is 272 g/mol. The van der Waals surface area contributed by atoms with Crippen LogP contribution in [-0.4, -0.2) is 16.8 Å². The van der Waals surface area contributed by atoms with Crippen LogP contribution in [0.2, 0.25) is 0 Å². The molecule has 120 valence electrons. The van der Waals surface area contributed by atoms with Gasteiger partial charge in [-0.2, -0.15) is 5.10 Å². The molecule has 1 aromatic carbocycles. The van der Waals surface area contributed by atoms with Gasteiger partial charge in [0.1, 0.15) is 5.75 Å². The summed E-state index contributed by atoms with van der Waals surface area (Å²) >= 11 is 0. The number of aromatic amines is 1. The molecule has 0 aliphatic heterocycles. The van der Waals surface area contributed by atoms with Crippen molar-refractivity contribution >= 4 is 0 Å². The number of nitrogens with one attached hydrogen (secondary N) is 1. The first-order valence-corrected chi connectivity index (χ1v) is 8.28. The van der Waals surface area contributed by atoms with Crippen LogP contribution in [0.1, 0.15) is 53.8 Å². The smallest absolute Gasteiger partial charge is 0.122 e. The average molecular weight is 300 g/mol. The highest BCUT2D eigenvalue weighted by Gasteiger charge is 2.05. The number of unbranched alkanes of at least 4 members (excludes halogenated alkanes) is 3. The molecule has 1 aromatic heterocycles. The second kappa shape index (κ2) is 8.02. The average Bonchev–Trinajstić information content (AvgIpc) is 2.79. The van der Waals surface area contributed by atoms with Crippen molar-refractivity contribution in [1.82, 2.24) is 10.2 Å². The van der Waals surface area contributed by atoms with Crippen molar-refractivity contribution in [2.24, 2.45) is 0 Å². The summed E-state index contributed by atoms with van der Waals surface area (Å²) in [5.74, 6) is 1.02. The van der Waals surface area contributed by atoms with Gasteiger partial charge in [0.25, 0.3) is 0 Å². The molecular formula is C19H28N2O. The number of aromatic nitrogens is 2. The molecule has 0 amide bonds. The maximum atomic E-state index is 5.87. The van der Waals surface area contributed by atoms with Crippen LogP contribution in [-0.2, 0) is 6.42 Å². The van der Waals surface area contributed by atoms with Gasteiger partial charge in [-0.1, -0.05) is 30.5 Å². The summed E-state index contributed by atoms with van der Waals surface area (Å²) in [7, 11) is 0. The number of rotatable bonds is 8. The summed E-state index contributed by atoms with van der Waals surface area (Å²) in [4.78, 5) is 0. The van der Waals surface area contributed by atoms with Crippen molar-refractivity contribution < 1.29 is 4.74 Å². The lowest BCUT2D eigenvalue weighted by molar-refractivity contribution is 0.302. The second-order valence-electron chi connectivity index (χ2n) is 6.19. The molecule has 1 heterocycles. The fourth-order valence-electron chi connectivity index (χ4n) is 2.84.